The van der Waals surface area contributed by atoms with E-state index in [2.05, 4.69) is 30.8 Å². The van der Waals surface area contributed by atoms with E-state index in [4.69, 9.17) is 0 Å². The maximum absolute atomic E-state index is 13.3. The van der Waals surface area contributed by atoms with Gasteiger partial charge < -0.3 is 10.6 Å². The number of aromatic amines is 1. The molecule has 1 aromatic carbocycles. The molecule has 2 heterocycles. The molecule has 2 aromatic heterocycles. The van der Waals surface area contributed by atoms with E-state index in [1.54, 1.807) is 6.07 Å². The number of H-pyrrole nitrogens is 1. The maximum Gasteiger partial charge on any atom is 0.416 e. The van der Waals surface area contributed by atoms with Crippen LogP contribution in [0.5, 0.6) is 0 Å². The zero-order valence-electron chi connectivity index (χ0n) is 17.0. The molecule has 0 saturated carbocycles. The lowest BCUT2D eigenvalue weighted by Gasteiger charge is -2.16. The molecule has 9 nitrogen and oxygen atoms in total. The van der Waals surface area contributed by atoms with E-state index < -0.39 is 26.7 Å². The van der Waals surface area contributed by atoms with Gasteiger partial charge >= 0.3 is 6.18 Å². The fourth-order valence-corrected chi connectivity index (χ4v) is 3.52. The molecule has 13 heteroatoms. The van der Waals surface area contributed by atoms with E-state index in [1.165, 1.54) is 20.3 Å². The number of sulfonamides is 1. The molecule has 0 fully saturated rings. The summed E-state index contributed by atoms with van der Waals surface area (Å²) < 4.78 is 65.6. The summed E-state index contributed by atoms with van der Waals surface area (Å²) in [6.45, 7) is 3.69. The topological polar surface area (TPSA) is 116 Å². The van der Waals surface area contributed by atoms with Crippen molar-refractivity contribution in [1.82, 2.24) is 24.5 Å². The number of aryl methyl sites for hydroxylation is 1. The first-order valence-corrected chi connectivity index (χ1v) is 10.4. The number of nitrogens with zero attached hydrogens (tertiary/aromatic N) is 4. The minimum Gasteiger partial charge on any atom is -0.325 e. The number of nitrogens with one attached hydrogen (secondary N) is 3. The monoisotopic (exact) mass is 455 g/mol. The van der Waals surface area contributed by atoms with Crippen LogP contribution >= 0.6 is 0 Å². The Hall–Kier alpha value is -3.19. The molecule has 0 aliphatic rings. The van der Waals surface area contributed by atoms with E-state index in [0.29, 0.717) is 17.7 Å². The van der Waals surface area contributed by atoms with Crippen molar-refractivity contribution >= 4 is 33.3 Å². The molecule has 0 spiro atoms. The van der Waals surface area contributed by atoms with Crippen molar-refractivity contribution in [3.8, 4) is 0 Å². The third-order valence-corrected chi connectivity index (χ3v) is 6.22. The van der Waals surface area contributed by atoms with Crippen LogP contribution in [0.15, 0.2) is 35.4 Å². The largest absolute Gasteiger partial charge is 0.416 e. The molecule has 0 radical (unpaired) electrons. The van der Waals surface area contributed by atoms with Crippen LogP contribution in [0.4, 0.5) is 36.4 Å². The van der Waals surface area contributed by atoms with Crippen LogP contribution < -0.4 is 10.6 Å². The molecule has 0 aliphatic carbocycles. The second kappa shape index (κ2) is 8.15. The number of alkyl halides is 3. The highest BCUT2D eigenvalue weighted by atomic mass is 32.2. The van der Waals surface area contributed by atoms with E-state index in [9.17, 15) is 21.6 Å². The van der Waals surface area contributed by atoms with Crippen LogP contribution in [-0.4, -0.2) is 47.0 Å². The Balaban J connectivity index is 1.96. The fraction of sp³-hybridized carbons (Fsp3) is 0.278. The normalized spacial score (nSPS) is 12.3. The Kier molecular flexibility index (Phi) is 5.91. The van der Waals surface area contributed by atoms with Crippen LogP contribution in [0.25, 0.3) is 0 Å². The van der Waals surface area contributed by atoms with Gasteiger partial charge in [0.2, 0.25) is 16.0 Å². The standard InChI is InChI=1S/C18H20F3N7O2S/c1-10-11(2)26-27-16(10)24-15-5-6-22-17(25-15)23-13-7-12(18(19,20)21)8-14(9-13)31(29,30)28(3)4/h5-9H,1-4H3,(H3,22,23,24,25,26,27). The molecule has 3 rings (SSSR count). The van der Waals surface area contributed by atoms with Crippen molar-refractivity contribution in [2.24, 2.45) is 0 Å². The highest BCUT2D eigenvalue weighted by Crippen LogP contribution is 2.34. The lowest BCUT2D eigenvalue weighted by atomic mass is 10.2. The smallest absolute Gasteiger partial charge is 0.325 e. The molecule has 31 heavy (non-hydrogen) atoms. The SMILES string of the molecule is Cc1n[nH]c(Nc2ccnc(Nc3cc(C(F)(F)F)cc(S(=O)(=O)N(C)C)c3)n2)c1C. The van der Waals surface area contributed by atoms with Gasteiger partial charge in [-0.3, -0.25) is 5.10 Å². The van der Waals surface area contributed by atoms with Gasteiger partial charge in [-0.2, -0.15) is 23.3 Å². The summed E-state index contributed by atoms with van der Waals surface area (Å²) >= 11 is 0. The van der Waals surface area contributed by atoms with Crippen molar-refractivity contribution in [1.29, 1.82) is 0 Å². The van der Waals surface area contributed by atoms with Crippen LogP contribution in [0, 0.1) is 13.8 Å². The second-order valence-electron chi connectivity index (χ2n) is 6.86. The van der Waals surface area contributed by atoms with Crippen molar-refractivity contribution < 1.29 is 21.6 Å². The van der Waals surface area contributed by atoms with Crippen LogP contribution in [0.2, 0.25) is 0 Å². The average molecular weight is 455 g/mol. The summed E-state index contributed by atoms with van der Waals surface area (Å²) in [6.07, 6.45) is -3.34. The number of hydrogen-bond donors (Lipinski definition) is 3. The molecular weight excluding hydrogens is 435 g/mol. The van der Waals surface area contributed by atoms with Gasteiger partial charge in [-0.25, -0.2) is 17.7 Å². The lowest BCUT2D eigenvalue weighted by molar-refractivity contribution is -0.137. The zero-order valence-corrected chi connectivity index (χ0v) is 17.9. The average Bonchev–Trinajstić information content (AvgIpc) is 2.99. The van der Waals surface area contributed by atoms with Gasteiger partial charge in [0, 0.05) is 31.5 Å². The van der Waals surface area contributed by atoms with Crippen LogP contribution in [0.3, 0.4) is 0 Å². The number of halogens is 3. The Morgan fingerprint density at radius 1 is 1.10 bits per heavy atom. The Morgan fingerprint density at radius 2 is 1.81 bits per heavy atom. The van der Waals surface area contributed by atoms with E-state index in [0.717, 1.165) is 27.7 Å². The Bertz CT molecular complexity index is 1210. The first-order valence-electron chi connectivity index (χ1n) is 8.91. The molecule has 0 aliphatic heterocycles. The van der Waals surface area contributed by atoms with Crippen LogP contribution in [-0.2, 0) is 16.2 Å². The van der Waals surface area contributed by atoms with Crippen molar-refractivity contribution in [3.63, 3.8) is 0 Å². The molecule has 0 unspecified atom stereocenters. The summed E-state index contributed by atoms with van der Waals surface area (Å²) in [7, 11) is -1.62. The highest BCUT2D eigenvalue weighted by molar-refractivity contribution is 7.89. The fourth-order valence-electron chi connectivity index (χ4n) is 2.55. The quantitative estimate of drug-likeness (QED) is 0.520. The third-order valence-electron chi connectivity index (χ3n) is 4.43. The molecule has 0 amide bonds. The molecule has 0 bridgehead atoms. The van der Waals surface area contributed by atoms with Gasteiger partial charge in [0.05, 0.1) is 16.2 Å². The number of anilines is 4. The summed E-state index contributed by atoms with van der Waals surface area (Å²) in [4.78, 5) is 7.70. The number of rotatable bonds is 6. The van der Waals surface area contributed by atoms with E-state index >= 15 is 0 Å². The Labute approximate surface area is 176 Å². The number of benzene rings is 1. The zero-order chi connectivity index (χ0) is 23.0. The van der Waals surface area contributed by atoms with Crippen molar-refractivity contribution in [2.75, 3.05) is 24.7 Å². The van der Waals surface area contributed by atoms with E-state index in [1.807, 2.05) is 13.8 Å². The molecular formula is C18H20F3N7O2S. The molecule has 0 saturated heterocycles. The summed E-state index contributed by atoms with van der Waals surface area (Å²) in [5.41, 5.74) is 0.440. The van der Waals surface area contributed by atoms with Gasteiger partial charge in [0.15, 0.2) is 0 Å². The minimum atomic E-state index is -4.74. The number of hydrogen-bond acceptors (Lipinski definition) is 7. The Morgan fingerprint density at radius 3 is 2.39 bits per heavy atom. The summed E-state index contributed by atoms with van der Waals surface area (Å²) in [6, 6.07) is 4.04. The first kappa shape index (κ1) is 22.5. The molecule has 166 valence electrons. The maximum atomic E-state index is 13.3. The predicted octanol–water partition coefficient (Wildman–Crippen LogP) is 3.57. The first-order chi connectivity index (χ1) is 14.4. The lowest BCUT2D eigenvalue weighted by Crippen LogP contribution is -2.23. The second-order valence-corrected chi connectivity index (χ2v) is 9.01. The summed E-state index contributed by atoms with van der Waals surface area (Å²) in [5, 5.41) is 12.5. The molecule has 3 N–H and O–H groups in total. The van der Waals surface area contributed by atoms with Crippen LogP contribution in [0.1, 0.15) is 16.8 Å². The van der Waals surface area contributed by atoms with Crippen molar-refractivity contribution in [2.45, 2.75) is 24.9 Å². The highest BCUT2D eigenvalue weighted by Gasteiger charge is 2.33. The number of aromatic nitrogens is 4. The third kappa shape index (κ3) is 4.94. The van der Waals surface area contributed by atoms with E-state index in [-0.39, 0.29) is 11.6 Å². The molecule has 3 aromatic rings. The minimum absolute atomic E-state index is 0.0218. The summed E-state index contributed by atoms with van der Waals surface area (Å²) in [5.74, 6) is 0.948. The van der Waals surface area contributed by atoms with Crippen molar-refractivity contribution in [3.05, 3.63) is 47.3 Å². The van der Waals surface area contributed by atoms with Gasteiger partial charge in [-0.05, 0) is 38.1 Å². The van der Waals surface area contributed by atoms with Gasteiger partial charge in [-0.15, -0.1) is 0 Å². The van der Waals surface area contributed by atoms with Gasteiger partial charge in [-0.1, -0.05) is 0 Å². The predicted molar refractivity (Wildman–Crippen MR) is 109 cm³/mol. The molecule has 0 atom stereocenters. The van der Waals surface area contributed by atoms with Gasteiger partial charge in [0.25, 0.3) is 0 Å². The van der Waals surface area contributed by atoms with Gasteiger partial charge in [0.1, 0.15) is 11.6 Å².